The van der Waals surface area contributed by atoms with Crippen LogP contribution in [0.5, 0.6) is 0 Å². The molecular weight excluding hydrogens is 222 g/mol. The SMILES string of the molecule is CN(c1ccccn1)c1ccc(Cl)cc1N. The van der Waals surface area contributed by atoms with Gasteiger partial charge in [0.05, 0.1) is 11.4 Å². The lowest BCUT2D eigenvalue weighted by atomic mass is 10.2. The molecule has 82 valence electrons. The largest absolute Gasteiger partial charge is 0.397 e. The van der Waals surface area contributed by atoms with Crippen LogP contribution in [0.3, 0.4) is 0 Å². The minimum Gasteiger partial charge on any atom is -0.397 e. The number of halogens is 1. The average Bonchev–Trinajstić information content (AvgIpc) is 2.29. The standard InChI is InChI=1S/C12H12ClN3/c1-16(12-4-2-3-7-15-12)11-6-5-9(13)8-10(11)14/h2-8H,14H2,1H3. The van der Waals surface area contributed by atoms with Gasteiger partial charge in [0.25, 0.3) is 0 Å². The average molecular weight is 234 g/mol. The highest BCUT2D eigenvalue weighted by Gasteiger charge is 2.08. The maximum atomic E-state index is 5.91. The van der Waals surface area contributed by atoms with E-state index in [0.29, 0.717) is 10.7 Å². The molecule has 2 aromatic rings. The van der Waals surface area contributed by atoms with Crippen molar-refractivity contribution in [3.05, 3.63) is 47.6 Å². The summed E-state index contributed by atoms with van der Waals surface area (Å²) in [6.45, 7) is 0. The van der Waals surface area contributed by atoms with Gasteiger partial charge >= 0.3 is 0 Å². The predicted octanol–water partition coefficient (Wildman–Crippen LogP) is 3.09. The fraction of sp³-hybridized carbons (Fsp3) is 0.0833. The Morgan fingerprint density at radius 1 is 1.25 bits per heavy atom. The van der Waals surface area contributed by atoms with E-state index in [9.17, 15) is 0 Å². The van der Waals surface area contributed by atoms with Crippen LogP contribution in [0.25, 0.3) is 0 Å². The lowest BCUT2D eigenvalue weighted by molar-refractivity contribution is 1.13. The van der Waals surface area contributed by atoms with Gasteiger partial charge in [-0.3, -0.25) is 0 Å². The summed E-state index contributed by atoms with van der Waals surface area (Å²) in [4.78, 5) is 6.18. The van der Waals surface area contributed by atoms with E-state index in [1.54, 1.807) is 12.3 Å². The van der Waals surface area contributed by atoms with Gasteiger partial charge in [-0.1, -0.05) is 17.7 Å². The number of aromatic nitrogens is 1. The molecule has 1 aromatic carbocycles. The van der Waals surface area contributed by atoms with Gasteiger partial charge in [0, 0.05) is 18.3 Å². The van der Waals surface area contributed by atoms with Crippen LogP contribution in [0.4, 0.5) is 17.2 Å². The van der Waals surface area contributed by atoms with Gasteiger partial charge in [0.15, 0.2) is 0 Å². The van der Waals surface area contributed by atoms with Crippen molar-refractivity contribution in [1.29, 1.82) is 0 Å². The smallest absolute Gasteiger partial charge is 0.132 e. The van der Waals surface area contributed by atoms with Crippen molar-refractivity contribution in [2.24, 2.45) is 0 Å². The van der Waals surface area contributed by atoms with Gasteiger partial charge in [0.1, 0.15) is 5.82 Å². The molecule has 0 saturated heterocycles. The van der Waals surface area contributed by atoms with E-state index < -0.39 is 0 Å². The predicted molar refractivity (Wildman–Crippen MR) is 68.2 cm³/mol. The number of hydrogen-bond acceptors (Lipinski definition) is 3. The summed E-state index contributed by atoms with van der Waals surface area (Å²) in [7, 11) is 1.92. The molecule has 2 rings (SSSR count). The van der Waals surface area contributed by atoms with Crippen molar-refractivity contribution >= 4 is 28.8 Å². The molecule has 0 aliphatic rings. The first-order chi connectivity index (χ1) is 7.68. The zero-order chi connectivity index (χ0) is 11.5. The molecule has 0 aliphatic heterocycles. The van der Waals surface area contributed by atoms with Crippen molar-refractivity contribution in [3.63, 3.8) is 0 Å². The molecule has 16 heavy (non-hydrogen) atoms. The molecule has 0 amide bonds. The number of nitrogens with zero attached hydrogens (tertiary/aromatic N) is 2. The Balaban J connectivity index is 2.38. The number of nitrogens with two attached hydrogens (primary N) is 1. The maximum absolute atomic E-state index is 5.91. The molecule has 0 spiro atoms. The Morgan fingerprint density at radius 3 is 2.69 bits per heavy atom. The second-order valence-corrected chi connectivity index (χ2v) is 3.89. The van der Waals surface area contributed by atoms with Gasteiger partial charge in [-0.15, -0.1) is 0 Å². The molecule has 0 fully saturated rings. The van der Waals surface area contributed by atoms with Crippen molar-refractivity contribution < 1.29 is 0 Å². The second-order valence-electron chi connectivity index (χ2n) is 3.45. The van der Waals surface area contributed by atoms with Crippen molar-refractivity contribution in [3.8, 4) is 0 Å². The minimum absolute atomic E-state index is 0.635. The first-order valence-electron chi connectivity index (χ1n) is 4.88. The summed E-state index contributed by atoms with van der Waals surface area (Å²) in [5, 5.41) is 0.635. The number of rotatable bonds is 2. The molecule has 3 nitrogen and oxygen atoms in total. The van der Waals surface area contributed by atoms with Gasteiger partial charge in [-0.2, -0.15) is 0 Å². The van der Waals surface area contributed by atoms with E-state index in [-0.39, 0.29) is 0 Å². The minimum atomic E-state index is 0.635. The van der Waals surface area contributed by atoms with Crippen LogP contribution in [-0.4, -0.2) is 12.0 Å². The Kier molecular flexibility index (Phi) is 2.97. The van der Waals surface area contributed by atoms with Gasteiger partial charge in [0.2, 0.25) is 0 Å². The molecule has 0 radical (unpaired) electrons. The zero-order valence-corrected chi connectivity index (χ0v) is 9.65. The molecule has 0 bridgehead atoms. The maximum Gasteiger partial charge on any atom is 0.132 e. The van der Waals surface area contributed by atoms with Crippen LogP contribution in [-0.2, 0) is 0 Å². The van der Waals surface area contributed by atoms with Gasteiger partial charge in [-0.25, -0.2) is 4.98 Å². The topological polar surface area (TPSA) is 42.2 Å². The summed E-state index contributed by atoms with van der Waals surface area (Å²) >= 11 is 5.85. The molecule has 1 aromatic heterocycles. The van der Waals surface area contributed by atoms with E-state index in [2.05, 4.69) is 4.98 Å². The van der Waals surface area contributed by atoms with Crippen molar-refractivity contribution in [2.45, 2.75) is 0 Å². The lowest BCUT2D eigenvalue weighted by Crippen LogP contribution is -2.12. The molecule has 0 unspecified atom stereocenters. The van der Waals surface area contributed by atoms with Crippen LogP contribution in [0.15, 0.2) is 42.6 Å². The number of benzene rings is 1. The molecule has 1 heterocycles. The third-order valence-corrected chi connectivity index (χ3v) is 2.58. The third-order valence-electron chi connectivity index (χ3n) is 2.34. The quantitative estimate of drug-likeness (QED) is 0.811. The first kappa shape index (κ1) is 10.8. The highest BCUT2D eigenvalue weighted by molar-refractivity contribution is 6.31. The molecule has 4 heteroatoms. The van der Waals surface area contributed by atoms with Crippen LogP contribution < -0.4 is 10.6 Å². The van der Waals surface area contributed by atoms with Gasteiger partial charge in [-0.05, 0) is 30.3 Å². The fourth-order valence-electron chi connectivity index (χ4n) is 1.51. The van der Waals surface area contributed by atoms with E-state index in [4.69, 9.17) is 17.3 Å². The molecular formula is C12H12ClN3. The zero-order valence-electron chi connectivity index (χ0n) is 8.89. The Labute approximate surface area is 99.5 Å². The monoisotopic (exact) mass is 233 g/mol. The van der Waals surface area contributed by atoms with Crippen LogP contribution in [0, 0.1) is 0 Å². The Bertz CT molecular complexity index is 485. The number of nitrogen functional groups attached to an aromatic ring is 1. The first-order valence-corrected chi connectivity index (χ1v) is 5.26. The Morgan fingerprint density at radius 2 is 2.06 bits per heavy atom. The van der Waals surface area contributed by atoms with E-state index >= 15 is 0 Å². The van der Waals surface area contributed by atoms with E-state index in [1.165, 1.54) is 0 Å². The van der Waals surface area contributed by atoms with Crippen LogP contribution >= 0.6 is 11.6 Å². The van der Waals surface area contributed by atoms with E-state index in [1.807, 2.05) is 42.3 Å². The molecule has 0 atom stereocenters. The molecule has 0 saturated carbocycles. The van der Waals surface area contributed by atoms with Gasteiger partial charge < -0.3 is 10.6 Å². The highest BCUT2D eigenvalue weighted by atomic mass is 35.5. The summed E-state index contributed by atoms with van der Waals surface area (Å²) in [6, 6.07) is 11.2. The summed E-state index contributed by atoms with van der Waals surface area (Å²) in [5.41, 5.74) is 7.44. The number of hydrogen-bond donors (Lipinski definition) is 1. The lowest BCUT2D eigenvalue weighted by Gasteiger charge is -2.19. The highest BCUT2D eigenvalue weighted by Crippen LogP contribution is 2.29. The van der Waals surface area contributed by atoms with Crippen LogP contribution in [0.2, 0.25) is 5.02 Å². The normalized spacial score (nSPS) is 10.1. The number of pyridine rings is 1. The summed E-state index contributed by atoms with van der Waals surface area (Å²) in [5.74, 6) is 0.844. The van der Waals surface area contributed by atoms with E-state index in [0.717, 1.165) is 11.5 Å². The summed E-state index contributed by atoms with van der Waals surface area (Å²) in [6.07, 6.45) is 1.75. The third kappa shape index (κ3) is 2.09. The second kappa shape index (κ2) is 4.41. The molecule has 2 N–H and O–H groups in total. The summed E-state index contributed by atoms with van der Waals surface area (Å²) < 4.78 is 0. The van der Waals surface area contributed by atoms with Crippen molar-refractivity contribution in [2.75, 3.05) is 17.7 Å². The van der Waals surface area contributed by atoms with Crippen LogP contribution in [0.1, 0.15) is 0 Å². The number of anilines is 3. The van der Waals surface area contributed by atoms with Crippen molar-refractivity contribution in [1.82, 2.24) is 4.98 Å². The fourth-order valence-corrected chi connectivity index (χ4v) is 1.69. The molecule has 0 aliphatic carbocycles. The Hall–Kier alpha value is -1.74.